The minimum atomic E-state index is -1.01. The van der Waals surface area contributed by atoms with Crippen molar-refractivity contribution in [3.63, 3.8) is 0 Å². The van der Waals surface area contributed by atoms with Crippen molar-refractivity contribution in [1.29, 1.82) is 0 Å². The number of aliphatic hydroxyl groups excluding tert-OH is 1. The van der Waals surface area contributed by atoms with E-state index in [4.69, 9.17) is 5.73 Å². The minimum Gasteiger partial charge on any atom is -0.383 e. The van der Waals surface area contributed by atoms with E-state index in [1.54, 1.807) is 12.2 Å². The van der Waals surface area contributed by atoms with Gasteiger partial charge in [0, 0.05) is 19.5 Å². The highest BCUT2D eigenvalue weighted by Crippen LogP contribution is 2.02. The van der Waals surface area contributed by atoms with Crippen LogP contribution in [-0.2, 0) is 11.2 Å². The van der Waals surface area contributed by atoms with E-state index in [9.17, 15) is 9.90 Å². The van der Waals surface area contributed by atoms with Gasteiger partial charge in [0.1, 0.15) is 6.10 Å². The van der Waals surface area contributed by atoms with Crippen LogP contribution in [0.4, 0.5) is 0 Å². The predicted octanol–water partition coefficient (Wildman–Crippen LogP) is 0.221. The van der Waals surface area contributed by atoms with Crippen molar-refractivity contribution < 1.29 is 9.90 Å². The molecule has 4 heteroatoms. The third-order valence-electron chi connectivity index (χ3n) is 2.27. The Labute approximate surface area is 101 Å². The van der Waals surface area contributed by atoms with Crippen molar-refractivity contribution >= 4 is 5.91 Å². The van der Waals surface area contributed by atoms with Gasteiger partial charge in [-0.3, -0.25) is 4.79 Å². The molecule has 0 spiro atoms. The summed E-state index contributed by atoms with van der Waals surface area (Å²) in [5.41, 5.74) is 6.20. The van der Waals surface area contributed by atoms with Crippen LogP contribution in [0.15, 0.2) is 42.5 Å². The van der Waals surface area contributed by atoms with Crippen LogP contribution in [0.2, 0.25) is 0 Å². The molecule has 0 saturated heterocycles. The molecule has 0 bridgehead atoms. The molecule has 4 nitrogen and oxygen atoms in total. The molecular formula is C13H18N2O2. The molecule has 17 heavy (non-hydrogen) atoms. The molecule has 0 radical (unpaired) electrons. The van der Waals surface area contributed by atoms with Gasteiger partial charge in [-0.1, -0.05) is 42.5 Å². The molecule has 0 aromatic heterocycles. The number of nitrogens with two attached hydrogens (primary N) is 1. The minimum absolute atomic E-state index is 0.327. The Hall–Kier alpha value is -1.65. The lowest BCUT2D eigenvalue weighted by molar-refractivity contribution is -0.129. The zero-order chi connectivity index (χ0) is 12.5. The van der Waals surface area contributed by atoms with Gasteiger partial charge in [-0.15, -0.1) is 0 Å². The zero-order valence-electron chi connectivity index (χ0n) is 9.67. The SMILES string of the molecule is NCC=CCNC(=O)C(O)Cc1ccccc1. The van der Waals surface area contributed by atoms with E-state index in [-0.39, 0.29) is 5.91 Å². The van der Waals surface area contributed by atoms with Gasteiger partial charge in [0.05, 0.1) is 0 Å². The van der Waals surface area contributed by atoms with E-state index in [0.717, 1.165) is 5.56 Å². The van der Waals surface area contributed by atoms with Crippen LogP contribution in [-0.4, -0.2) is 30.2 Å². The number of benzene rings is 1. The molecule has 1 unspecified atom stereocenters. The Kier molecular flexibility index (Phi) is 5.99. The van der Waals surface area contributed by atoms with Gasteiger partial charge in [-0.2, -0.15) is 0 Å². The summed E-state index contributed by atoms with van der Waals surface area (Å²) in [6.07, 6.45) is 2.83. The summed E-state index contributed by atoms with van der Waals surface area (Å²) in [5, 5.41) is 12.3. The maximum atomic E-state index is 11.5. The van der Waals surface area contributed by atoms with Crippen LogP contribution in [0.5, 0.6) is 0 Å². The second-order valence-corrected chi connectivity index (χ2v) is 3.66. The third-order valence-corrected chi connectivity index (χ3v) is 2.27. The summed E-state index contributed by atoms with van der Waals surface area (Å²) >= 11 is 0. The lowest BCUT2D eigenvalue weighted by atomic mass is 10.1. The fraction of sp³-hybridized carbons (Fsp3) is 0.308. The third kappa shape index (κ3) is 5.29. The highest BCUT2D eigenvalue weighted by molar-refractivity contribution is 5.80. The number of carbonyl (C=O) groups is 1. The lowest BCUT2D eigenvalue weighted by Crippen LogP contribution is -2.35. The van der Waals surface area contributed by atoms with Gasteiger partial charge >= 0.3 is 0 Å². The first-order valence-corrected chi connectivity index (χ1v) is 5.59. The molecular weight excluding hydrogens is 216 g/mol. The van der Waals surface area contributed by atoms with Crippen LogP contribution in [0.3, 0.4) is 0 Å². The van der Waals surface area contributed by atoms with Gasteiger partial charge in [0.25, 0.3) is 0 Å². The van der Waals surface area contributed by atoms with Crippen LogP contribution >= 0.6 is 0 Å². The normalized spacial score (nSPS) is 12.6. The highest BCUT2D eigenvalue weighted by Gasteiger charge is 2.13. The summed E-state index contributed by atoms with van der Waals surface area (Å²) in [6.45, 7) is 0.838. The van der Waals surface area contributed by atoms with Crippen LogP contribution in [0.1, 0.15) is 5.56 Å². The van der Waals surface area contributed by atoms with Crippen molar-refractivity contribution in [3.8, 4) is 0 Å². The Morgan fingerprint density at radius 1 is 1.35 bits per heavy atom. The number of hydrogen-bond acceptors (Lipinski definition) is 3. The molecule has 0 aliphatic carbocycles. The van der Waals surface area contributed by atoms with E-state index >= 15 is 0 Å². The van der Waals surface area contributed by atoms with E-state index in [0.29, 0.717) is 19.5 Å². The second-order valence-electron chi connectivity index (χ2n) is 3.66. The van der Waals surface area contributed by atoms with E-state index in [2.05, 4.69) is 5.32 Å². The first kappa shape index (κ1) is 13.4. The van der Waals surface area contributed by atoms with E-state index < -0.39 is 6.10 Å². The van der Waals surface area contributed by atoms with Crippen LogP contribution < -0.4 is 11.1 Å². The summed E-state index contributed by atoms with van der Waals surface area (Å²) in [7, 11) is 0. The van der Waals surface area contributed by atoms with Crippen molar-refractivity contribution in [2.24, 2.45) is 5.73 Å². The predicted molar refractivity (Wildman–Crippen MR) is 67.4 cm³/mol. The largest absolute Gasteiger partial charge is 0.383 e. The van der Waals surface area contributed by atoms with E-state index in [1.807, 2.05) is 30.3 Å². The number of nitrogens with one attached hydrogen (secondary N) is 1. The van der Waals surface area contributed by atoms with Gasteiger partial charge in [-0.05, 0) is 5.56 Å². The van der Waals surface area contributed by atoms with Gasteiger partial charge < -0.3 is 16.2 Å². The van der Waals surface area contributed by atoms with Crippen molar-refractivity contribution in [1.82, 2.24) is 5.32 Å². The second kappa shape index (κ2) is 7.60. The van der Waals surface area contributed by atoms with Crippen molar-refractivity contribution in [3.05, 3.63) is 48.0 Å². The molecule has 0 aliphatic heterocycles. The Balaban J connectivity index is 2.34. The standard InChI is InChI=1S/C13H18N2O2/c14-8-4-5-9-15-13(17)12(16)10-11-6-2-1-3-7-11/h1-7,12,16H,8-10,14H2,(H,15,17). The van der Waals surface area contributed by atoms with Gasteiger partial charge in [0.2, 0.25) is 5.91 Å². The number of carbonyl (C=O) groups excluding carboxylic acids is 1. The Morgan fingerprint density at radius 2 is 2.06 bits per heavy atom. The molecule has 4 N–H and O–H groups in total. The van der Waals surface area contributed by atoms with Crippen molar-refractivity contribution in [2.75, 3.05) is 13.1 Å². The fourth-order valence-electron chi connectivity index (χ4n) is 1.39. The molecule has 0 saturated carbocycles. The zero-order valence-corrected chi connectivity index (χ0v) is 9.67. The fourth-order valence-corrected chi connectivity index (χ4v) is 1.39. The number of hydrogen-bond donors (Lipinski definition) is 3. The highest BCUT2D eigenvalue weighted by atomic mass is 16.3. The molecule has 0 fully saturated rings. The first-order valence-electron chi connectivity index (χ1n) is 5.59. The molecule has 0 heterocycles. The van der Waals surface area contributed by atoms with Crippen LogP contribution in [0.25, 0.3) is 0 Å². The molecule has 92 valence electrons. The molecule has 1 aromatic carbocycles. The monoisotopic (exact) mass is 234 g/mol. The van der Waals surface area contributed by atoms with Gasteiger partial charge in [-0.25, -0.2) is 0 Å². The average Bonchev–Trinajstić information content (AvgIpc) is 2.35. The Bertz CT molecular complexity index is 363. The van der Waals surface area contributed by atoms with Crippen LogP contribution in [0, 0.1) is 0 Å². The topological polar surface area (TPSA) is 75.3 Å². The number of rotatable bonds is 6. The molecule has 1 rings (SSSR count). The molecule has 1 aromatic rings. The molecule has 1 atom stereocenters. The number of aliphatic hydroxyl groups is 1. The summed E-state index contributed by atoms with van der Waals surface area (Å²) in [6, 6.07) is 9.41. The summed E-state index contributed by atoms with van der Waals surface area (Å²) < 4.78 is 0. The van der Waals surface area contributed by atoms with Gasteiger partial charge in [0.15, 0.2) is 0 Å². The number of amides is 1. The Morgan fingerprint density at radius 3 is 2.71 bits per heavy atom. The average molecular weight is 234 g/mol. The maximum Gasteiger partial charge on any atom is 0.249 e. The molecule has 1 amide bonds. The maximum absolute atomic E-state index is 11.5. The first-order chi connectivity index (χ1) is 8.24. The van der Waals surface area contributed by atoms with Crippen molar-refractivity contribution in [2.45, 2.75) is 12.5 Å². The smallest absolute Gasteiger partial charge is 0.249 e. The lowest BCUT2D eigenvalue weighted by Gasteiger charge is -2.10. The molecule has 0 aliphatic rings. The van der Waals surface area contributed by atoms with E-state index in [1.165, 1.54) is 0 Å². The quantitative estimate of drug-likeness (QED) is 0.616. The summed E-state index contributed by atoms with van der Waals surface area (Å²) in [4.78, 5) is 11.5. The summed E-state index contributed by atoms with van der Waals surface area (Å²) in [5.74, 6) is -0.365.